The van der Waals surface area contributed by atoms with Gasteiger partial charge in [-0.2, -0.15) is 0 Å². The second-order valence-corrected chi connectivity index (χ2v) is 5.72. The Labute approximate surface area is 114 Å². The molecular formula is C15H21N3O. The molecule has 2 unspecified atom stereocenters. The molecule has 4 heteroatoms. The van der Waals surface area contributed by atoms with Gasteiger partial charge >= 0.3 is 6.03 Å². The molecule has 3 rings (SSSR count). The van der Waals surface area contributed by atoms with Gasteiger partial charge in [0.2, 0.25) is 0 Å². The molecule has 2 bridgehead atoms. The molecule has 1 aromatic rings. The van der Waals surface area contributed by atoms with Crippen LogP contribution < -0.4 is 11.1 Å². The first-order valence-corrected chi connectivity index (χ1v) is 7.08. The number of carbonyl (C=O) groups excluding carboxylic acids is 1. The van der Waals surface area contributed by atoms with E-state index < -0.39 is 0 Å². The van der Waals surface area contributed by atoms with Crippen LogP contribution in [0.15, 0.2) is 30.3 Å². The van der Waals surface area contributed by atoms with E-state index in [0.29, 0.717) is 12.1 Å². The van der Waals surface area contributed by atoms with Crippen LogP contribution in [0.1, 0.15) is 31.2 Å². The largest absolute Gasteiger partial charge is 0.352 e. The van der Waals surface area contributed by atoms with E-state index in [0.717, 1.165) is 19.4 Å². The average Bonchev–Trinajstić information content (AvgIpc) is 2.62. The summed E-state index contributed by atoms with van der Waals surface area (Å²) >= 11 is 0. The highest BCUT2D eigenvalue weighted by Crippen LogP contribution is 2.36. The monoisotopic (exact) mass is 259 g/mol. The minimum Gasteiger partial charge on any atom is -0.352 e. The van der Waals surface area contributed by atoms with Crippen molar-refractivity contribution in [3.8, 4) is 0 Å². The van der Waals surface area contributed by atoms with Gasteiger partial charge in [0.05, 0.1) is 0 Å². The summed E-state index contributed by atoms with van der Waals surface area (Å²) in [7, 11) is 0. The first kappa shape index (κ1) is 12.5. The lowest BCUT2D eigenvalue weighted by Crippen LogP contribution is -2.51. The molecule has 19 heavy (non-hydrogen) atoms. The zero-order valence-corrected chi connectivity index (χ0v) is 11.1. The van der Waals surface area contributed by atoms with Crippen molar-refractivity contribution in [3.05, 3.63) is 35.9 Å². The number of carbonyl (C=O) groups is 1. The van der Waals surface area contributed by atoms with Gasteiger partial charge in [-0.15, -0.1) is 0 Å². The first-order chi connectivity index (χ1) is 9.22. The Morgan fingerprint density at radius 2 is 1.84 bits per heavy atom. The number of rotatable bonds is 3. The van der Waals surface area contributed by atoms with Gasteiger partial charge in [0.1, 0.15) is 0 Å². The lowest BCUT2D eigenvalue weighted by Gasteiger charge is -2.39. The van der Waals surface area contributed by atoms with Crippen molar-refractivity contribution in [2.75, 3.05) is 0 Å². The standard InChI is InChI=1S/C15H21N3O/c16-15(19)17-12-8-13-6-7-14(9-12)18(13)10-11-4-2-1-3-5-11/h1-5,12-14H,6-10H2,(H3,16,17,19). The molecule has 0 spiro atoms. The van der Waals surface area contributed by atoms with Gasteiger partial charge in [-0.3, -0.25) is 4.90 Å². The number of piperidine rings is 1. The average molecular weight is 259 g/mol. The summed E-state index contributed by atoms with van der Waals surface area (Å²) in [6.45, 7) is 1.03. The van der Waals surface area contributed by atoms with Gasteiger partial charge in [-0.1, -0.05) is 30.3 Å². The van der Waals surface area contributed by atoms with Crippen molar-refractivity contribution < 1.29 is 4.79 Å². The molecule has 2 atom stereocenters. The Kier molecular flexibility index (Phi) is 3.42. The third kappa shape index (κ3) is 2.73. The normalized spacial score (nSPS) is 30.2. The maximum Gasteiger partial charge on any atom is 0.312 e. The molecule has 0 saturated carbocycles. The summed E-state index contributed by atoms with van der Waals surface area (Å²) < 4.78 is 0. The van der Waals surface area contributed by atoms with Crippen LogP contribution in [-0.4, -0.2) is 29.1 Å². The van der Waals surface area contributed by atoms with Crippen LogP contribution in [0.5, 0.6) is 0 Å². The highest BCUT2D eigenvalue weighted by molar-refractivity contribution is 5.72. The highest BCUT2D eigenvalue weighted by atomic mass is 16.2. The molecule has 3 N–H and O–H groups in total. The minimum absolute atomic E-state index is 0.266. The van der Waals surface area contributed by atoms with Crippen LogP contribution in [0.4, 0.5) is 4.79 Å². The van der Waals surface area contributed by atoms with E-state index in [1.54, 1.807) is 0 Å². The molecular weight excluding hydrogens is 238 g/mol. The fraction of sp³-hybridized carbons (Fsp3) is 0.533. The van der Waals surface area contributed by atoms with Crippen LogP contribution in [0.3, 0.4) is 0 Å². The summed E-state index contributed by atoms with van der Waals surface area (Å²) in [5.74, 6) is 0. The highest BCUT2D eigenvalue weighted by Gasteiger charge is 2.40. The molecule has 102 valence electrons. The molecule has 0 radical (unpaired) electrons. The number of hydrogen-bond acceptors (Lipinski definition) is 2. The van der Waals surface area contributed by atoms with Crippen LogP contribution in [0.25, 0.3) is 0 Å². The van der Waals surface area contributed by atoms with Gasteiger partial charge in [0.15, 0.2) is 0 Å². The third-order valence-corrected chi connectivity index (χ3v) is 4.44. The van der Waals surface area contributed by atoms with Gasteiger partial charge in [-0.25, -0.2) is 4.79 Å². The zero-order valence-electron chi connectivity index (χ0n) is 11.1. The van der Waals surface area contributed by atoms with E-state index in [2.05, 4.69) is 40.5 Å². The van der Waals surface area contributed by atoms with E-state index in [1.807, 2.05) is 0 Å². The summed E-state index contributed by atoms with van der Waals surface area (Å²) in [4.78, 5) is 13.6. The van der Waals surface area contributed by atoms with E-state index in [4.69, 9.17) is 5.73 Å². The lowest BCUT2D eigenvalue weighted by atomic mass is 9.96. The van der Waals surface area contributed by atoms with Crippen LogP contribution in [0, 0.1) is 0 Å². The Hall–Kier alpha value is -1.55. The van der Waals surface area contributed by atoms with Gasteiger partial charge < -0.3 is 11.1 Å². The number of benzene rings is 1. The summed E-state index contributed by atoms with van der Waals surface area (Å²) in [5, 5.41) is 2.88. The third-order valence-electron chi connectivity index (χ3n) is 4.44. The minimum atomic E-state index is -0.388. The fourth-order valence-electron chi connectivity index (χ4n) is 3.65. The quantitative estimate of drug-likeness (QED) is 0.870. The van der Waals surface area contributed by atoms with Crippen LogP contribution in [0.2, 0.25) is 0 Å². The molecule has 2 aliphatic heterocycles. The number of amides is 2. The number of urea groups is 1. The van der Waals surface area contributed by atoms with Gasteiger partial charge in [0.25, 0.3) is 0 Å². The molecule has 2 saturated heterocycles. The molecule has 1 aromatic carbocycles. The van der Waals surface area contributed by atoms with Crippen molar-refractivity contribution >= 4 is 6.03 Å². The second-order valence-electron chi connectivity index (χ2n) is 5.72. The maximum atomic E-state index is 11.0. The molecule has 0 aliphatic carbocycles. The van der Waals surface area contributed by atoms with E-state index in [-0.39, 0.29) is 12.1 Å². The van der Waals surface area contributed by atoms with E-state index in [9.17, 15) is 4.79 Å². The Morgan fingerprint density at radius 3 is 2.42 bits per heavy atom. The van der Waals surface area contributed by atoms with Crippen molar-refractivity contribution in [1.29, 1.82) is 0 Å². The number of hydrogen-bond donors (Lipinski definition) is 2. The molecule has 2 heterocycles. The Bertz CT molecular complexity index is 434. The predicted octanol–water partition coefficient (Wildman–Crippen LogP) is 1.85. The fourth-order valence-corrected chi connectivity index (χ4v) is 3.65. The van der Waals surface area contributed by atoms with Gasteiger partial charge in [0, 0.05) is 24.7 Å². The maximum absolute atomic E-state index is 11.0. The zero-order chi connectivity index (χ0) is 13.2. The Morgan fingerprint density at radius 1 is 1.21 bits per heavy atom. The second kappa shape index (κ2) is 5.21. The molecule has 2 aliphatic rings. The topological polar surface area (TPSA) is 58.4 Å². The number of primary amides is 1. The van der Waals surface area contributed by atoms with Crippen molar-refractivity contribution in [3.63, 3.8) is 0 Å². The predicted molar refractivity (Wildman–Crippen MR) is 74.5 cm³/mol. The smallest absolute Gasteiger partial charge is 0.312 e. The lowest BCUT2D eigenvalue weighted by molar-refractivity contribution is 0.112. The molecule has 0 aromatic heterocycles. The summed E-state index contributed by atoms with van der Waals surface area (Å²) in [6.07, 6.45) is 4.56. The molecule has 4 nitrogen and oxygen atoms in total. The van der Waals surface area contributed by atoms with Gasteiger partial charge in [-0.05, 0) is 31.2 Å². The van der Waals surface area contributed by atoms with Crippen molar-refractivity contribution in [1.82, 2.24) is 10.2 Å². The number of nitrogens with one attached hydrogen (secondary N) is 1. The number of nitrogens with zero attached hydrogens (tertiary/aromatic N) is 1. The van der Waals surface area contributed by atoms with Crippen molar-refractivity contribution in [2.24, 2.45) is 5.73 Å². The van der Waals surface area contributed by atoms with E-state index >= 15 is 0 Å². The van der Waals surface area contributed by atoms with Crippen LogP contribution >= 0.6 is 0 Å². The molecule has 2 amide bonds. The molecule has 2 fully saturated rings. The first-order valence-electron chi connectivity index (χ1n) is 7.08. The number of fused-ring (bicyclic) bond motifs is 2. The van der Waals surface area contributed by atoms with Crippen molar-refractivity contribution in [2.45, 2.75) is 50.4 Å². The SMILES string of the molecule is NC(=O)NC1CC2CCC(C1)N2Cc1ccccc1. The van der Waals surface area contributed by atoms with Crippen LogP contribution in [-0.2, 0) is 6.54 Å². The van der Waals surface area contributed by atoms with E-state index in [1.165, 1.54) is 18.4 Å². The Balaban J connectivity index is 1.65. The summed E-state index contributed by atoms with van der Waals surface area (Å²) in [5.41, 5.74) is 6.60. The summed E-state index contributed by atoms with van der Waals surface area (Å²) in [6, 6.07) is 11.7. The number of nitrogens with two attached hydrogens (primary N) is 1.